The lowest BCUT2D eigenvalue weighted by molar-refractivity contribution is -0.302. The Morgan fingerprint density at radius 3 is 2.04 bits per heavy atom. The van der Waals surface area contributed by atoms with Crippen molar-refractivity contribution in [2.24, 2.45) is 0 Å². The lowest BCUT2D eigenvalue weighted by Gasteiger charge is -2.42. The van der Waals surface area contributed by atoms with Crippen LogP contribution in [0.2, 0.25) is 0 Å². The maximum Gasteiger partial charge on any atom is 0.184 e. The van der Waals surface area contributed by atoms with Gasteiger partial charge >= 0.3 is 0 Å². The van der Waals surface area contributed by atoms with Gasteiger partial charge in [-0.25, -0.2) is 0 Å². The van der Waals surface area contributed by atoms with E-state index < -0.39 is 30.7 Å². The molecule has 146 valence electrons. The van der Waals surface area contributed by atoms with Gasteiger partial charge in [0.05, 0.1) is 19.8 Å². The summed E-state index contributed by atoms with van der Waals surface area (Å²) in [5, 5.41) is 20.2. The van der Waals surface area contributed by atoms with E-state index in [2.05, 4.69) is 0 Å². The molecule has 0 aromatic heterocycles. The number of hydrogen-bond donors (Lipinski definition) is 2. The lowest BCUT2D eigenvalue weighted by Crippen LogP contribution is -2.60. The van der Waals surface area contributed by atoms with Crippen LogP contribution in [-0.2, 0) is 32.2 Å². The number of rotatable bonds is 8. The normalized spacial score (nSPS) is 28.2. The second kappa shape index (κ2) is 9.94. The highest BCUT2D eigenvalue weighted by Gasteiger charge is 2.45. The van der Waals surface area contributed by atoms with Crippen molar-refractivity contribution in [2.75, 3.05) is 13.7 Å². The summed E-state index contributed by atoms with van der Waals surface area (Å²) in [5.74, 6) is 0. The minimum absolute atomic E-state index is 0.206. The molecule has 5 atom stereocenters. The van der Waals surface area contributed by atoms with Gasteiger partial charge in [-0.1, -0.05) is 60.7 Å². The fourth-order valence-electron chi connectivity index (χ4n) is 3.15. The van der Waals surface area contributed by atoms with Crippen LogP contribution in [0.15, 0.2) is 60.7 Å². The first-order chi connectivity index (χ1) is 13.2. The molecule has 1 aliphatic rings. The molecule has 1 fully saturated rings. The van der Waals surface area contributed by atoms with Crippen molar-refractivity contribution in [3.8, 4) is 0 Å². The molecule has 1 saturated heterocycles. The van der Waals surface area contributed by atoms with Crippen molar-refractivity contribution < 1.29 is 29.2 Å². The average Bonchev–Trinajstić information content (AvgIpc) is 2.71. The minimum atomic E-state index is -1.35. The molecule has 0 radical (unpaired) electrons. The van der Waals surface area contributed by atoms with Gasteiger partial charge in [-0.2, -0.15) is 0 Å². The number of aliphatic hydroxyl groups is 2. The second-order valence-electron chi connectivity index (χ2n) is 6.52. The third-order valence-electron chi connectivity index (χ3n) is 4.58. The van der Waals surface area contributed by atoms with Crippen molar-refractivity contribution in [3.05, 3.63) is 71.8 Å². The Kier molecular flexibility index (Phi) is 7.34. The van der Waals surface area contributed by atoms with E-state index >= 15 is 0 Å². The van der Waals surface area contributed by atoms with Gasteiger partial charge in [0.15, 0.2) is 6.29 Å². The summed E-state index contributed by atoms with van der Waals surface area (Å²) < 4.78 is 22.7. The molecule has 6 heteroatoms. The molecule has 2 aromatic rings. The van der Waals surface area contributed by atoms with Gasteiger partial charge in [-0.3, -0.25) is 0 Å². The van der Waals surface area contributed by atoms with Gasteiger partial charge in [-0.05, 0) is 11.1 Å². The zero-order valence-electron chi connectivity index (χ0n) is 15.3. The van der Waals surface area contributed by atoms with Crippen LogP contribution >= 0.6 is 0 Å². The maximum absolute atomic E-state index is 10.2. The van der Waals surface area contributed by atoms with Gasteiger partial charge in [0, 0.05) is 7.11 Å². The highest BCUT2D eigenvalue weighted by molar-refractivity contribution is 5.14. The summed E-state index contributed by atoms with van der Waals surface area (Å²) in [4.78, 5) is 0. The van der Waals surface area contributed by atoms with Gasteiger partial charge in [0.2, 0.25) is 0 Å². The van der Waals surface area contributed by atoms with Crippen LogP contribution in [0.1, 0.15) is 11.1 Å². The SMILES string of the molecule is CO[C@H]1[C@H](O)[C@@H](O)O[C@H](COCc2ccccc2)[C@H]1OCc1ccccc1. The van der Waals surface area contributed by atoms with Crippen LogP contribution in [-0.4, -0.2) is 54.6 Å². The van der Waals surface area contributed by atoms with Crippen LogP contribution < -0.4 is 0 Å². The molecule has 1 aliphatic heterocycles. The van der Waals surface area contributed by atoms with E-state index in [1.165, 1.54) is 7.11 Å². The number of ether oxygens (including phenoxy) is 4. The van der Waals surface area contributed by atoms with Crippen molar-refractivity contribution in [2.45, 2.75) is 43.9 Å². The molecular formula is C21H26O6. The number of methoxy groups -OCH3 is 1. The molecular weight excluding hydrogens is 348 g/mol. The fourth-order valence-corrected chi connectivity index (χ4v) is 3.15. The molecule has 27 heavy (non-hydrogen) atoms. The van der Waals surface area contributed by atoms with Crippen LogP contribution in [0.25, 0.3) is 0 Å². The first-order valence-electron chi connectivity index (χ1n) is 9.00. The quantitative estimate of drug-likeness (QED) is 0.735. The molecule has 0 aliphatic carbocycles. The molecule has 6 nitrogen and oxygen atoms in total. The van der Waals surface area contributed by atoms with E-state index in [0.717, 1.165) is 11.1 Å². The summed E-state index contributed by atoms with van der Waals surface area (Å²) in [6.07, 6.45) is -4.41. The van der Waals surface area contributed by atoms with E-state index in [-0.39, 0.29) is 6.61 Å². The summed E-state index contributed by atoms with van der Waals surface area (Å²) in [7, 11) is 1.48. The Balaban J connectivity index is 1.63. The van der Waals surface area contributed by atoms with E-state index in [0.29, 0.717) is 13.2 Å². The van der Waals surface area contributed by atoms with Crippen LogP contribution in [0, 0.1) is 0 Å². The van der Waals surface area contributed by atoms with Gasteiger partial charge < -0.3 is 29.2 Å². The highest BCUT2D eigenvalue weighted by Crippen LogP contribution is 2.26. The Morgan fingerprint density at radius 1 is 0.852 bits per heavy atom. The molecule has 3 rings (SSSR count). The topological polar surface area (TPSA) is 77.4 Å². The van der Waals surface area contributed by atoms with E-state index in [1.807, 2.05) is 60.7 Å². The fraction of sp³-hybridized carbons (Fsp3) is 0.429. The summed E-state index contributed by atoms with van der Waals surface area (Å²) in [6, 6.07) is 19.5. The van der Waals surface area contributed by atoms with E-state index in [9.17, 15) is 10.2 Å². The van der Waals surface area contributed by atoms with Crippen LogP contribution in [0.3, 0.4) is 0 Å². The largest absolute Gasteiger partial charge is 0.385 e. The van der Waals surface area contributed by atoms with E-state index in [1.54, 1.807) is 0 Å². The average molecular weight is 374 g/mol. The lowest BCUT2D eigenvalue weighted by atomic mass is 9.98. The third kappa shape index (κ3) is 5.35. The summed E-state index contributed by atoms with van der Waals surface area (Å²) >= 11 is 0. The Labute approximate surface area is 159 Å². The molecule has 0 spiro atoms. The molecule has 0 bridgehead atoms. The predicted molar refractivity (Wildman–Crippen MR) is 98.8 cm³/mol. The third-order valence-corrected chi connectivity index (χ3v) is 4.58. The van der Waals surface area contributed by atoms with Crippen molar-refractivity contribution in [3.63, 3.8) is 0 Å². The molecule has 0 saturated carbocycles. The predicted octanol–water partition coefficient (Wildman–Crippen LogP) is 1.88. The Morgan fingerprint density at radius 2 is 1.44 bits per heavy atom. The van der Waals surface area contributed by atoms with Crippen LogP contribution in [0.4, 0.5) is 0 Å². The molecule has 0 amide bonds. The monoisotopic (exact) mass is 374 g/mol. The van der Waals surface area contributed by atoms with Crippen molar-refractivity contribution >= 4 is 0 Å². The maximum atomic E-state index is 10.2. The van der Waals surface area contributed by atoms with Gasteiger partial charge in [0.25, 0.3) is 0 Å². The molecule has 0 unspecified atom stereocenters. The Bertz CT molecular complexity index is 665. The number of aliphatic hydroxyl groups excluding tert-OH is 2. The van der Waals surface area contributed by atoms with Crippen molar-refractivity contribution in [1.29, 1.82) is 0 Å². The first-order valence-corrected chi connectivity index (χ1v) is 9.00. The molecule has 2 aromatic carbocycles. The standard InChI is InChI=1S/C21H26O6/c1-24-20-18(22)21(23)27-17(14-25-12-15-8-4-2-5-9-15)19(20)26-13-16-10-6-3-7-11-16/h2-11,17-23H,12-14H2,1H3/t17-,18+,19-,20+,21+/m1/s1. The zero-order chi connectivity index (χ0) is 19.1. The Hall–Kier alpha value is -1.80. The highest BCUT2D eigenvalue weighted by atomic mass is 16.7. The first kappa shape index (κ1) is 19.9. The minimum Gasteiger partial charge on any atom is -0.385 e. The van der Waals surface area contributed by atoms with Crippen LogP contribution in [0.5, 0.6) is 0 Å². The van der Waals surface area contributed by atoms with Crippen molar-refractivity contribution in [1.82, 2.24) is 0 Å². The van der Waals surface area contributed by atoms with Gasteiger partial charge in [0.1, 0.15) is 24.4 Å². The van der Waals surface area contributed by atoms with E-state index in [4.69, 9.17) is 18.9 Å². The van der Waals surface area contributed by atoms with Gasteiger partial charge in [-0.15, -0.1) is 0 Å². The molecule has 1 heterocycles. The molecule has 2 N–H and O–H groups in total. The summed E-state index contributed by atoms with van der Waals surface area (Å²) in [6.45, 7) is 0.965. The zero-order valence-corrected chi connectivity index (χ0v) is 15.3. The number of hydrogen-bond acceptors (Lipinski definition) is 6. The summed E-state index contributed by atoms with van der Waals surface area (Å²) in [5.41, 5.74) is 2.04. The smallest absolute Gasteiger partial charge is 0.184 e. The number of benzene rings is 2. The second-order valence-corrected chi connectivity index (χ2v) is 6.52.